The number of benzene rings is 2. The smallest absolute Gasteiger partial charge is 0.262 e. The second-order valence-electron chi connectivity index (χ2n) is 8.30. The predicted octanol–water partition coefficient (Wildman–Crippen LogP) is 4.05. The number of aryl methyl sites for hydroxylation is 2. The largest absolute Gasteiger partial charge is 0.484 e. The van der Waals surface area contributed by atoms with Crippen LogP contribution >= 0.6 is 11.3 Å². The van der Waals surface area contributed by atoms with E-state index in [4.69, 9.17) is 4.74 Å². The molecule has 2 N–H and O–H groups in total. The van der Waals surface area contributed by atoms with Crippen molar-refractivity contribution in [3.05, 3.63) is 76.0 Å². The number of nitrogens with zero attached hydrogens (tertiary/aromatic N) is 1. The van der Waals surface area contributed by atoms with Gasteiger partial charge in [0.25, 0.3) is 5.91 Å². The Kier molecular flexibility index (Phi) is 7.27. The second kappa shape index (κ2) is 10.5. The first-order valence-electron chi connectivity index (χ1n) is 11.1. The number of hydrogen-bond donors (Lipinski definition) is 2. The first kappa shape index (κ1) is 23.5. The summed E-state index contributed by atoms with van der Waals surface area (Å²) in [6, 6.07) is 16.7. The maximum atomic E-state index is 12.5. The number of nitrogens with one attached hydrogen (secondary N) is 2. The number of carbonyl (C=O) groups is 3. The molecule has 1 aliphatic heterocycles. The highest BCUT2D eigenvalue weighted by Gasteiger charge is 2.35. The Hall–Kier alpha value is -3.65. The lowest BCUT2D eigenvalue weighted by Gasteiger charge is -2.17. The summed E-state index contributed by atoms with van der Waals surface area (Å²) in [5, 5.41) is 7.77. The van der Waals surface area contributed by atoms with E-state index in [1.807, 2.05) is 49.6 Å². The molecule has 7 nitrogen and oxygen atoms in total. The molecular weight excluding hydrogens is 450 g/mol. The second-order valence-corrected chi connectivity index (χ2v) is 9.33. The van der Waals surface area contributed by atoms with Gasteiger partial charge >= 0.3 is 0 Å². The van der Waals surface area contributed by atoms with Crippen LogP contribution in [-0.4, -0.2) is 30.9 Å². The number of thiophene rings is 1. The van der Waals surface area contributed by atoms with Gasteiger partial charge in [0.15, 0.2) is 6.61 Å². The van der Waals surface area contributed by atoms with Gasteiger partial charge in [0.2, 0.25) is 11.8 Å². The Morgan fingerprint density at radius 2 is 1.79 bits per heavy atom. The van der Waals surface area contributed by atoms with Crippen molar-refractivity contribution in [1.29, 1.82) is 0 Å². The fraction of sp³-hybridized carbons (Fsp3) is 0.269. The molecule has 1 fully saturated rings. The van der Waals surface area contributed by atoms with Crippen molar-refractivity contribution >= 4 is 40.4 Å². The number of carbonyl (C=O) groups excluding carboxylic acids is 3. The van der Waals surface area contributed by atoms with E-state index in [0.717, 1.165) is 21.7 Å². The molecule has 0 bridgehead atoms. The third-order valence-corrected chi connectivity index (χ3v) is 6.65. The van der Waals surface area contributed by atoms with Crippen LogP contribution in [0.15, 0.2) is 60.0 Å². The summed E-state index contributed by atoms with van der Waals surface area (Å²) >= 11 is 1.58. The number of hydrogen-bond acceptors (Lipinski definition) is 5. The summed E-state index contributed by atoms with van der Waals surface area (Å²) in [6.45, 7) is 4.58. The minimum atomic E-state index is -0.378. The monoisotopic (exact) mass is 477 g/mol. The highest BCUT2D eigenvalue weighted by molar-refractivity contribution is 7.09. The lowest BCUT2D eigenvalue weighted by Crippen LogP contribution is -2.32. The van der Waals surface area contributed by atoms with Crippen LogP contribution in [0, 0.1) is 19.8 Å². The summed E-state index contributed by atoms with van der Waals surface area (Å²) in [4.78, 5) is 40.0. The molecule has 3 aromatic rings. The predicted molar refractivity (Wildman–Crippen MR) is 133 cm³/mol. The number of rotatable bonds is 8. The van der Waals surface area contributed by atoms with E-state index in [1.165, 1.54) is 0 Å². The molecule has 1 aliphatic rings. The number of para-hydroxylation sites is 1. The van der Waals surface area contributed by atoms with Crippen LogP contribution < -0.4 is 20.3 Å². The SMILES string of the molecule is Cc1cccc(C)c1NC(=O)COc1ccc(N2C[C@H](C(=O)NCc3cccs3)CC2=O)cc1. The maximum Gasteiger partial charge on any atom is 0.262 e. The van der Waals surface area contributed by atoms with Gasteiger partial charge < -0.3 is 20.3 Å². The molecule has 0 aliphatic carbocycles. The van der Waals surface area contributed by atoms with Crippen LogP contribution in [0.1, 0.15) is 22.4 Å². The van der Waals surface area contributed by atoms with Crippen LogP contribution in [0.2, 0.25) is 0 Å². The fourth-order valence-electron chi connectivity index (χ4n) is 3.92. The van der Waals surface area contributed by atoms with Crippen LogP contribution in [0.5, 0.6) is 5.75 Å². The van der Waals surface area contributed by atoms with Crippen LogP contribution in [0.4, 0.5) is 11.4 Å². The summed E-state index contributed by atoms with van der Waals surface area (Å²) < 4.78 is 5.61. The van der Waals surface area contributed by atoms with Gasteiger partial charge in [-0.25, -0.2) is 0 Å². The van der Waals surface area contributed by atoms with Crippen LogP contribution in [0.25, 0.3) is 0 Å². The van der Waals surface area contributed by atoms with E-state index in [0.29, 0.717) is 24.5 Å². The summed E-state index contributed by atoms with van der Waals surface area (Å²) in [7, 11) is 0. The molecule has 3 amide bonds. The van der Waals surface area contributed by atoms with Crippen molar-refractivity contribution in [2.75, 3.05) is 23.4 Å². The highest BCUT2D eigenvalue weighted by atomic mass is 32.1. The standard InChI is InChI=1S/C26H27N3O4S/c1-17-5-3-6-18(2)25(17)28-23(30)16-33-21-10-8-20(9-11-21)29-15-19(13-24(29)31)26(32)27-14-22-7-4-12-34-22/h3-12,19H,13-16H2,1-2H3,(H,27,32)(H,28,30)/t19-/m1/s1. The minimum Gasteiger partial charge on any atom is -0.484 e. The number of amides is 3. The summed E-state index contributed by atoms with van der Waals surface area (Å²) in [6.07, 6.45) is 0.188. The molecule has 4 rings (SSSR count). The van der Waals surface area contributed by atoms with Gasteiger partial charge in [-0.05, 0) is 60.7 Å². The molecule has 8 heteroatoms. The molecular formula is C26H27N3O4S. The average molecular weight is 478 g/mol. The van der Waals surface area contributed by atoms with E-state index in [2.05, 4.69) is 10.6 Å². The maximum absolute atomic E-state index is 12.5. The van der Waals surface area contributed by atoms with Crippen LogP contribution in [0.3, 0.4) is 0 Å². The molecule has 1 saturated heterocycles. The van der Waals surface area contributed by atoms with Crippen molar-refractivity contribution in [3.8, 4) is 5.75 Å². The van der Waals surface area contributed by atoms with Gasteiger partial charge in [-0.2, -0.15) is 0 Å². The van der Waals surface area contributed by atoms with Gasteiger partial charge in [-0.1, -0.05) is 24.3 Å². The average Bonchev–Trinajstić information content (AvgIpc) is 3.49. The van der Waals surface area contributed by atoms with Crippen molar-refractivity contribution in [3.63, 3.8) is 0 Å². The van der Waals surface area contributed by atoms with E-state index < -0.39 is 0 Å². The normalized spacial score (nSPS) is 15.3. The minimum absolute atomic E-state index is 0.0853. The molecule has 0 unspecified atom stereocenters. The first-order chi connectivity index (χ1) is 16.4. The first-order valence-corrected chi connectivity index (χ1v) is 12.0. The van der Waals surface area contributed by atoms with E-state index >= 15 is 0 Å². The number of ether oxygens (including phenoxy) is 1. The fourth-order valence-corrected chi connectivity index (χ4v) is 4.57. The Bertz CT molecular complexity index is 1160. The van der Waals surface area contributed by atoms with E-state index in [1.54, 1.807) is 40.5 Å². The van der Waals surface area contributed by atoms with E-state index in [-0.39, 0.29) is 36.7 Å². The molecule has 1 atom stereocenters. The highest BCUT2D eigenvalue weighted by Crippen LogP contribution is 2.27. The zero-order valence-corrected chi connectivity index (χ0v) is 20.0. The molecule has 176 valence electrons. The molecule has 2 aromatic carbocycles. The van der Waals surface area contributed by atoms with Crippen LogP contribution in [-0.2, 0) is 20.9 Å². The van der Waals surface area contributed by atoms with Crippen molar-refractivity contribution in [2.24, 2.45) is 5.92 Å². The Morgan fingerprint density at radius 3 is 2.47 bits per heavy atom. The zero-order valence-electron chi connectivity index (χ0n) is 19.2. The Balaban J connectivity index is 1.28. The summed E-state index contributed by atoms with van der Waals surface area (Å²) in [5.74, 6) is -0.293. The van der Waals surface area contributed by atoms with Gasteiger partial charge in [-0.15, -0.1) is 11.3 Å². The third-order valence-electron chi connectivity index (χ3n) is 5.78. The Morgan fingerprint density at radius 1 is 1.06 bits per heavy atom. The lowest BCUT2D eigenvalue weighted by atomic mass is 10.1. The van der Waals surface area contributed by atoms with Gasteiger partial charge in [0, 0.05) is 29.2 Å². The lowest BCUT2D eigenvalue weighted by molar-refractivity contribution is -0.126. The molecule has 0 radical (unpaired) electrons. The molecule has 2 heterocycles. The topological polar surface area (TPSA) is 87.7 Å². The molecule has 0 spiro atoms. The van der Waals surface area contributed by atoms with Gasteiger partial charge in [-0.3, -0.25) is 14.4 Å². The zero-order chi connectivity index (χ0) is 24.1. The van der Waals surface area contributed by atoms with Crippen molar-refractivity contribution in [2.45, 2.75) is 26.8 Å². The van der Waals surface area contributed by atoms with Crippen molar-refractivity contribution in [1.82, 2.24) is 5.32 Å². The summed E-state index contributed by atoms with van der Waals surface area (Å²) in [5.41, 5.74) is 3.48. The third kappa shape index (κ3) is 5.63. The molecule has 1 aromatic heterocycles. The van der Waals surface area contributed by atoms with Gasteiger partial charge in [0.05, 0.1) is 12.5 Å². The van der Waals surface area contributed by atoms with E-state index in [9.17, 15) is 14.4 Å². The molecule has 0 saturated carbocycles. The quantitative estimate of drug-likeness (QED) is 0.512. The Labute approximate surface area is 202 Å². The van der Waals surface area contributed by atoms with Gasteiger partial charge in [0.1, 0.15) is 5.75 Å². The molecule has 34 heavy (non-hydrogen) atoms. The number of anilines is 2. The van der Waals surface area contributed by atoms with Crippen molar-refractivity contribution < 1.29 is 19.1 Å².